The molecule has 0 radical (unpaired) electrons. The van der Waals surface area contributed by atoms with Gasteiger partial charge in [-0.1, -0.05) is 0 Å². The van der Waals surface area contributed by atoms with E-state index in [9.17, 15) is 0 Å². The Kier molecular flexibility index (Phi) is 25.6. The van der Waals surface area contributed by atoms with Gasteiger partial charge >= 0.3 is 54.7 Å². The van der Waals surface area contributed by atoms with Crippen LogP contribution in [0.2, 0.25) is 0 Å². The van der Waals surface area contributed by atoms with E-state index in [1.165, 1.54) is 0 Å². The molecule has 0 rings (SSSR count). The van der Waals surface area contributed by atoms with Gasteiger partial charge in [0.2, 0.25) is 0 Å². The second-order valence-corrected chi connectivity index (χ2v) is 0.848. The molecule has 2 N–H and O–H groups in total. The monoisotopic (exact) mass is 198 g/mol. The van der Waals surface area contributed by atoms with Crippen molar-refractivity contribution in [2.24, 2.45) is 0 Å². The summed E-state index contributed by atoms with van der Waals surface area (Å²) < 4.78 is 8.74. The Balaban J connectivity index is -0.0000000450. The van der Waals surface area contributed by atoms with Gasteiger partial charge in [-0.2, -0.15) is 0 Å². The second kappa shape index (κ2) is 9.80. The third kappa shape index (κ3) is 45.4. The van der Waals surface area contributed by atoms with Crippen molar-refractivity contribution >= 4 is 72.0 Å². The molecule has 0 aliphatic carbocycles. The van der Waals surface area contributed by atoms with Gasteiger partial charge in [0, 0.05) is 0 Å². The van der Waals surface area contributed by atoms with E-state index >= 15 is 0 Å². The van der Waals surface area contributed by atoms with Gasteiger partial charge < -0.3 is 9.59 Å². The normalized spacial score (nSPS) is 4.00. The van der Waals surface area contributed by atoms with Crippen molar-refractivity contribution in [3.63, 3.8) is 0 Å². The zero-order chi connectivity index (χ0) is 3.58. The van der Waals surface area contributed by atoms with Gasteiger partial charge in [0.1, 0.15) is 0 Å². The van der Waals surface area contributed by atoms with Gasteiger partial charge in [-0.25, -0.2) is 0 Å². The molecule has 0 unspecified atom stereocenters. The van der Waals surface area contributed by atoms with Crippen LogP contribution >= 0.6 is 0 Å². The molecule has 0 spiro atoms. The van der Waals surface area contributed by atoms with Gasteiger partial charge in [-0.15, -0.1) is 0 Å². The van der Waals surface area contributed by atoms with E-state index < -0.39 is 9.17 Å². The molecule has 6 heavy (non-hydrogen) atoms. The van der Waals surface area contributed by atoms with Crippen LogP contribution in [0.15, 0.2) is 0 Å². The van der Waals surface area contributed by atoms with Crippen molar-refractivity contribution in [2.75, 3.05) is 0 Å². The first-order valence-corrected chi connectivity index (χ1v) is 1.95. The maximum atomic E-state index is 8.74. The first kappa shape index (κ1) is 15.6. The zero-order valence-electron chi connectivity index (χ0n) is 1.80. The SMILES string of the molecule is O=[Si](O)O.[AlH3].[SrH2]. The quantitative estimate of drug-likeness (QED) is 0.393. The fraction of sp³-hybridized carbons (Fsp3) is 0. The predicted molar refractivity (Wildman–Crippen MR) is 29.4 cm³/mol. The Labute approximate surface area is 84.7 Å². The molecule has 3 nitrogen and oxygen atoms in total. The second-order valence-electron chi connectivity index (χ2n) is 0.283. The van der Waals surface area contributed by atoms with E-state index in [1.54, 1.807) is 0 Å². The molecule has 6 heteroatoms. The van der Waals surface area contributed by atoms with Gasteiger partial charge in [-0.3, -0.25) is 4.46 Å². The summed E-state index contributed by atoms with van der Waals surface area (Å²) in [6.07, 6.45) is 0. The Morgan fingerprint density at radius 3 is 1.33 bits per heavy atom. The molecule has 0 fully saturated rings. The Morgan fingerprint density at radius 1 is 1.33 bits per heavy atom. The topological polar surface area (TPSA) is 57.5 Å². The minimum absolute atomic E-state index is 0. The van der Waals surface area contributed by atoms with Crippen LogP contribution in [0.1, 0.15) is 0 Å². The van der Waals surface area contributed by atoms with Crippen molar-refractivity contribution in [3.8, 4) is 0 Å². The van der Waals surface area contributed by atoms with Gasteiger partial charge in [0.05, 0.1) is 0 Å². The molecule has 0 aromatic heterocycles. The molecule has 34 valence electrons. The summed E-state index contributed by atoms with van der Waals surface area (Å²) >= 11 is 0. The molecule has 0 aromatic carbocycles. The standard InChI is InChI=1S/Al.H2O3Si.Sr.5H/c;1-4(2)3;;;;;;/h;1-2H;;;;;;. The Morgan fingerprint density at radius 2 is 1.33 bits per heavy atom. The molecule has 0 saturated heterocycles. The molecule has 0 aliphatic heterocycles. The first-order valence-electron chi connectivity index (χ1n) is 0.651. The van der Waals surface area contributed by atoms with E-state index in [1.807, 2.05) is 0 Å². The summed E-state index contributed by atoms with van der Waals surface area (Å²) in [5, 5.41) is 0. The third-order valence-corrected chi connectivity index (χ3v) is 0. The van der Waals surface area contributed by atoms with E-state index in [0.717, 1.165) is 0 Å². The van der Waals surface area contributed by atoms with Crippen molar-refractivity contribution in [1.29, 1.82) is 0 Å². The summed E-state index contributed by atoms with van der Waals surface area (Å²) in [6.45, 7) is 0. The van der Waals surface area contributed by atoms with E-state index in [0.29, 0.717) is 0 Å². The fourth-order valence-electron chi connectivity index (χ4n) is 0. The van der Waals surface area contributed by atoms with Crippen molar-refractivity contribution in [2.45, 2.75) is 0 Å². The van der Waals surface area contributed by atoms with E-state index in [2.05, 4.69) is 0 Å². The van der Waals surface area contributed by atoms with Gasteiger partial charge in [0.15, 0.2) is 17.4 Å². The van der Waals surface area contributed by atoms with Crippen LogP contribution in [0.4, 0.5) is 0 Å². The van der Waals surface area contributed by atoms with Crippen molar-refractivity contribution < 1.29 is 14.1 Å². The molecular weight excluding hydrogens is 191 g/mol. The fourth-order valence-corrected chi connectivity index (χ4v) is 0. The van der Waals surface area contributed by atoms with Crippen LogP contribution in [-0.4, -0.2) is 81.6 Å². The van der Waals surface area contributed by atoms with Crippen LogP contribution < -0.4 is 0 Å². The minimum atomic E-state index is -3.13. The summed E-state index contributed by atoms with van der Waals surface area (Å²) in [4.78, 5) is 14.3. The number of hydrogen-bond donors (Lipinski definition) is 2. The first-order chi connectivity index (χ1) is 1.73. The average molecular weight is 198 g/mol. The molecule has 0 heterocycles. The summed E-state index contributed by atoms with van der Waals surface area (Å²) in [5.74, 6) is 0. The Hall–Kier alpha value is 1.63. The zero-order valence-corrected chi connectivity index (χ0v) is 2.80. The molecule has 0 bridgehead atoms. The van der Waals surface area contributed by atoms with Crippen LogP contribution in [0.3, 0.4) is 0 Å². The van der Waals surface area contributed by atoms with E-state index in [-0.39, 0.29) is 62.8 Å². The molecule has 0 saturated carbocycles. The molecule has 0 atom stereocenters. The molecule has 0 amide bonds. The van der Waals surface area contributed by atoms with Crippen molar-refractivity contribution in [1.82, 2.24) is 0 Å². The number of rotatable bonds is 0. The Bertz CT molecular complexity index is 33.8. The maximum absolute atomic E-state index is 8.74. The average Bonchev–Trinajstić information content (AvgIpc) is 0.811. The third-order valence-electron chi connectivity index (χ3n) is 0. The number of hydrogen-bond acceptors (Lipinski definition) is 1. The molecule has 0 aliphatic rings. The van der Waals surface area contributed by atoms with Crippen molar-refractivity contribution in [3.05, 3.63) is 0 Å². The van der Waals surface area contributed by atoms with Gasteiger partial charge in [-0.05, 0) is 0 Å². The summed E-state index contributed by atoms with van der Waals surface area (Å²) in [5.41, 5.74) is 0. The predicted octanol–water partition coefficient (Wildman–Crippen LogP) is -3.71. The molecular formula is H7AlO3SiSr. The van der Waals surface area contributed by atoms with Gasteiger partial charge in [0.25, 0.3) is 0 Å². The van der Waals surface area contributed by atoms with Crippen LogP contribution in [0, 0.1) is 0 Å². The van der Waals surface area contributed by atoms with Crippen LogP contribution in [0.5, 0.6) is 0 Å². The van der Waals surface area contributed by atoms with Crippen LogP contribution in [0.25, 0.3) is 0 Å². The van der Waals surface area contributed by atoms with Crippen LogP contribution in [-0.2, 0) is 4.46 Å². The summed E-state index contributed by atoms with van der Waals surface area (Å²) in [6, 6.07) is 0. The summed E-state index contributed by atoms with van der Waals surface area (Å²) in [7, 11) is -3.13. The van der Waals surface area contributed by atoms with E-state index in [4.69, 9.17) is 14.1 Å². The molecule has 0 aromatic rings.